The van der Waals surface area contributed by atoms with Gasteiger partial charge in [-0.05, 0) is 54.7 Å². The summed E-state index contributed by atoms with van der Waals surface area (Å²) in [6, 6.07) is 15.0. The van der Waals surface area contributed by atoms with Crippen molar-refractivity contribution in [2.75, 3.05) is 7.11 Å². The zero-order valence-corrected chi connectivity index (χ0v) is 18.1. The Bertz CT molecular complexity index is 1160. The number of halogens is 1. The zero-order valence-electron chi connectivity index (χ0n) is 17.3. The van der Waals surface area contributed by atoms with Crippen LogP contribution in [0.1, 0.15) is 43.8 Å². The van der Waals surface area contributed by atoms with Crippen LogP contribution in [0.4, 0.5) is 0 Å². The number of primary amides is 1. The molecule has 1 atom stereocenters. The molecular formula is C25H24ClN2O3+. The van der Waals surface area contributed by atoms with E-state index in [1.54, 1.807) is 13.3 Å². The summed E-state index contributed by atoms with van der Waals surface area (Å²) in [6.45, 7) is 0.526. The maximum Gasteiger partial charge on any atom is 0.255 e. The van der Waals surface area contributed by atoms with E-state index in [1.807, 2.05) is 59.3 Å². The second kappa shape index (κ2) is 8.90. The summed E-state index contributed by atoms with van der Waals surface area (Å²) < 4.78 is 7.15. The molecule has 0 saturated carbocycles. The second-order valence-corrected chi connectivity index (χ2v) is 8.25. The van der Waals surface area contributed by atoms with Crippen molar-refractivity contribution in [1.29, 1.82) is 0 Å². The molecule has 3 aromatic rings. The monoisotopic (exact) mass is 435 g/mol. The molecule has 0 saturated heterocycles. The van der Waals surface area contributed by atoms with Gasteiger partial charge < -0.3 is 10.5 Å². The third-order valence-corrected chi connectivity index (χ3v) is 6.23. The first-order valence-electron chi connectivity index (χ1n) is 10.2. The highest BCUT2D eigenvalue weighted by molar-refractivity contribution is 6.31. The molecule has 2 aromatic carbocycles. The molecule has 1 aromatic heterocycles. The van der Waals surface area contributed by atoms with Gasteiger partial charge in [0.15, 0.2) is 24.7 Å². The molecule has 0 radical (unpaired) electrons. The van der Waals surface area contributed by atoms with Crippen molar-refractivity contribution in [3.05, 3.63) is 93.8 Å². The number of amides is 1. The standard InChI is InChI=1S/C25H23ClN2O3/c1-31-20-8-9-21-16(13-20)6-7-18(24(21)29)12-17-10-11-28(15-22(17)25(27)30)14-19-4-2-3-5-23(19)26/h2-5,8-11,13,15,18H,6-7,12,14H2,1H3,(H-,27,30)/p+1. The number of methoxy groups -OCH3 is 1. The van der Waals surface area contributed by atoms with Gasteiger partial charge in [-0.1, -0.05) is 29.8 Å². The molecule has 1 unspecified atom stereocenters. The van der Waals surface area contributed by atoms with Crippen LogP contribution in [0.5, 0.6) is 5.75 Å². The second-order valence-electron chi connectivity index (χ2n) is 7.84. The van der Waals surface area contributed by atoms with E-state index < -0.39 is 5.91 Å². The number of aromatic nitrogens is 1. The first kappa shape index (κ1) is 21.1. The molecule has 2 N–H and O–H groups in total. The van der Waals surface area contributed by atoms with Crippen LogP contribution < -0.4 is 15.0 Å². The summed E-state index contributed by atoms with van der Waals surface area (Å²) in [4.78, 5) is 25.2. The Hall–Kier alpha value is -3.18. The number of benzene rings is 2. The lowest BCUT2D eigenvalue weighted by molar-refractivity contribution is -0.688. The maximum absolute atomic E-state index is 13.1. The Morgan fingerprint density at radius 3 is 2.74 bits per heavy atom. The minimum absolute atomic E-state index is 0.104. The molecule has 158 valence electrons. The Balaban J connectivity index is 1.57. The van der Waals surface area contributed by atoms with Crippen molar-refractivity contribution in [1.82, 2.24) is 0 Å². The van der Waals surface area contributed by atoms with Crippen LogP contribution in [-0.4, -0.2) is 18.8 Å². The molecule has 1 heterocycles. The summed E-state index contributed by atoms with van der Waals surface area (Å²) >= 11 is 6.26. The molecule has 0 aliphatic heterocycles. The number of hydrogen-bond donors (Lipinski definition) is 1. The van der Waals surface area contributed by atoms with Gasteiger partial charge in [0.25, 0.3) is 5.91 Å². The number of rotatable bonds is 6. The smallest absolute Gasteiger partial charge is 0.255 e. The van der Waals surface area contributed by atoms with Gasteiger partial charge in [0.05, 0.1) is 12.1 Å². The quantitative estimate of drug-likeness (QED) is 0.599. The molecule has 1 aliphatic carbocycles. The number of ketones is 1. The van der Waals surface area contributed by atoms with Gasteiger partial charge in [0, 0.05) is 23.1 Å². The maximum atomic E-state index is 13.1. The largest absolute Gasteiger partial charge is 0.497 e. The van der Waals surface area contributed by atoms with Gasteiger partial charge in [0.1, 0.15) is 11.3 Å². The summed E-state index contributed by atoms with van der Waals surface area (Å²) in [5.74, 6) is 0.176. The van der Waals surface area contributed by atoms with E-state index in [2.05, 4.69) is 0 Å². The summed E-state index contributed by atoms with van der Waals surface area (Å²) in [6.07, 6.45) is 5.65. The van der Waals surface area contributed by atoms with Crippen LogP contribution >= 0.6 is 11.6 Å². The summed E-state index contributed by atoms with van der Waals surface area (Å²) in [5.41, 5.74) is 9.61. The van der Waals surface area contributed by atoms with Gasteiger partial charge in [-0.3, -0.25) is 9.59 Å². The molecular weight excluding hydrogens is 412 g/mol. The van der Waals surface area contributed by atoms with Gasteiger partial charge >= 0.3 is 0 Å². The Labute approximate surface area is 186 Å². The highest BCUT2D eigenvalue weighted by atomic mass is 35.5. The number of ether oxygens (including phenoxy) is 1. The minimum atomic E-state index is -0.503. The van der Waals surface area contributed by atoms with Crippen molar-refractivity contribution in [2.24, 2.45) is 11.7 Å². The minimum Gasteiger partial charge on any atom is -0.497 e. The first-order chi connectivity index (χ1) is 15.0. The van der Waals surface area contributed by atoms with Crippen molar-refractivity contribution in [2.45, 2.75) is 25.8 Å². The van der Waals surface area contributed by atoms with Crippen LogP contribution in [0.15, 0.2) is 60.9 Å². The Morgan fingerprint density at radius 1 is 1.19 bits per heavy atom. The van der Waals surface area contributed by atoms with Crippen molar-refractivity contribution in [3.8, 4) is 5.75 Å². The van der Waals surface area contributed by atoms with Crippen LogP contribution in [0.3, 0.4) is 0 Å². The molecule has 0 spiro atoms. The Morgan fingerprint density at radius 2 is 2.00 bits per heavy atom. The predicted octanol–water partition coefficient (Wildman–Crippen LogP) is 3.77. The number of aryl methyl sites for hydroxylation is 1. The van der Waals surface area contributed by atoms with Crippen molar-refractivity contribution < 1.29 is 18.9 Å². The molecule has 31 heavy (non-hydrogen) atoms. The van der Waals surface area contributed by atoms with E-state index in [4.69, 9.17) is 22.1 Å². The molecule has 6 heteroatoms. The van der Waals surface area contributed by atoms with Crippen LogP contribution in [0.2, 0.25) is 5.02 Å². The van der Waals surface area contributed by atoms with E-state index in [9.17, 15) is 9.59 Å². The van der Waals surface area contributed by atoms with Crippen LogP contribution in [0, 0.1) is 5.92 Å². The van der Waals surface area contributed by atoms with E-state index in [0.29, 0.717) is 23.6 Å². The average molecular weight is 436 g/mol. The number of hydrogen-bond acceptors (Lipinski definition) is 3. The predicted molar refractivity (Wildman–Crippen MR) is 119 cm³/mol. The molecule has 0 fully saturated rings. The fourth-order valence-corrected chi connectivity index (χ4v) is 4.37. The fourth-order valence-electron chi connectivity index (χ4n) is 4.17. The van der Waals surface area contributed by atoms with E-state index >= 15 is 0 Å². The zero-order chi connectivity index (χ0) is 22.0. The number of Topliss-reactive ketones (excluding diaryl/α,β-unsaturated/α-hetero) is 1. The lowest BCUT2D eigenvalue weighted by Gasteiger charge is -2.24. The topological polar surface area (TPSA) is 73.3 Å². The van der Waals surface area contributed by atoms with E-state index in [0.717, 1.165) is 40.8 Å². The highest BCUT2D eigenvalue weighted by Gasteiger charge is 2.29. The van der Waals surface area contributed by atoms with Crippen LogP contribution in [0.25, 0.3) is 0 Å². The summed E-state index contributed by atoms with van der Waals surface area (Å²) in [7, 11) is 1.62. The number of nitrogens with zero attached hydrogens (tertiary/aromatic N) is 1. The molecule has 1 aliphatic rings. The highest BCUT2D eigenvalue weighted by Crippen LogP contribution is 2.31. The number of pyridine rings is 1. The lowest BCUT2D eigenvalue weighted by atomic mass is 9.79. The molecule has 4 rings (SSSR count). The van der Waals surface area contributed by atoms with Gasteiger partial charge in [0.2, 0.25) is 0 Å². The molecule has 0 bridgehead atoms. The number of nitrogens with two attached hydrogens (primary N) is 1. The third-order valence-electron chi connectivity index (χ3n) is 5.86. The SMILES string of the molecule is COc1ccc2c(c1)CCC(Cc1cc[n+](Cc3ccccc3Cl)cc1C(N)=O)C2=O. The Kier molecular flexibility index (Phi) is 6.05. The summed E-state index contributed by atoms with van der Waals surface area (Å²) in [5, 5.41) is 0.669. The number of carbonyl (C=O) groups is 2. The molecule has 1 amide bonds. The fraction of sp³-hybridized carbons (Fsp3) is 0.240. The van der Waals surface area contributed by atoms with E-state index in [-0.39, 0.29) is 11.7 Å². The lowest BCUT2D eigenvalue weighted by Crippen LogP contribution is -2.36. The third kappa shape index (κ3) is 4.47. The van der Waals surface area contributed by atoms with E-state index in [1.165, 1.54) is 0 Å². The van der Waals surface area contributed by atoms with Crippen molar-refractivity contribution in [3.63, 3.8) is 0 Å². The first-order valence-corrected chi connectivity index (χ1v) is 10.6. The average Bonchev–Trinajstić information content (AvgIpc) is 2.77. The molecule has 5 nitrogen and oxygen atoms in total. The van der Waals surface area contributed by atoms with Gasteiger partial charge in [-0.15, -0.1) is 0 Å². The van der Waals surface area contributed by atoms with Crippen molar-refractivity contribution >= 4 is 23.3 Å². The normalized spacial score (nSPS) is 15.4. The van der Waals surface area contributed by atoms with Crippen LogP contribution in [-0.2, 0) is 19.4 Å². The number of fused-ring (bicyclic) bond motifs is 1. The van der Waals surface area contributed by atoms with Gasteiger partial charge in [-0.25, -0.2) is 0 Å². The van der Waals surface area contributed by atoms with Gasteiger partial charge in [-0.2, -0.15) is 4.57 Å². The number of carbonyl (C=O) groups excluding carboxylic acids is 2.